The van der Waals surface area contributed by atoms with Gasteiger partial charge in [0.2, 0.25) is 0 Å². The van der Waals surface area contributed by atoms with Crippen LogP contribution in [-0.4, -0.2) is 21.5 Å². The Morgan fingerprint density at radius 1 is 1.42 bits per heavy atom. The predicted octanol–water partition coefficient (Wildman–Crippen LogP) is 2.46. The molecule has 0 bridgehead atoms. The molecule has 0 saturated carbocycles. The minimum absolute atomic E-state index is 0.152. The van der Waals surface area contributed by atoms with E-state index in [1.54, 1.807) is 0 Å². The van der Waals surface area contributed by atoms with Crippen molar-refractivity contribution in [1.82, 2.24) is 14.9 Å². The van der Waals surface area contributed by atoms with Crippen molar-refractivity contribution in [2.45, 2.75) is 24.3 Å². The molecule has 1 aliphatic carbocycles. The summed E-state index contributed by atoms with van der Waals surface area (Å²) in [6.45, 7) is 0.896. The van der Waals surface area contributed by atoms with E-state index in [4.69, 9.17) is 11.6 Å². The highest BCUT2D eigenvalue weighted by Crippen LogP contribution is 2.34. The van der Waals surface area contributed by atoms with E-state index in [1.165, 1.54) is 11.1 Å². The summed E-state index contributed by atoms with van der Waals surface area (Å²) in [4.78, 5) is 4.33. The molecule has 100 valence electrons. The summed E-state index contributed by atoms with van der Waals surface area (Å²) in [5.74, 6) is 1.10. The van der Waals surface area contributed by atoms with Crippen LogP contribution in [0.3, 0.4) is 0 Å². The lowest BCUT2D eigenvalue weighted by atomic mass is 10.1. The lowest BCUT2D eigenvalue weighted by molar-refractivity contribution is 0.531. The summed E-state index contributed by atoms with van der Waals surface area (Å²) in [6, 6.07) is 8.78. The van der Waals surface area contributed by atoms with E-state index in [-0.39, 0.29) is 11.4 Å². The molecule has 0 saturated heterocycles. The molecule has 1 aliphatic rings. The van der Waals surface area contributed by atoms with Crippen LogP contribution in [0.5, 0.6) is 0 Å². The SMILES string of the molecule is Cn1ccnc1CCNC1c2ccccc2CC1Cl. The van der Waals surface area contributed by atoms with E-state index in [0.717, 1.165) is 25.2 Å². The summed E-state index contributed by atoms with van der Waals surface area (Å²) >= 11 is 6.45. The third-order valence-electron chi connectivity index (χ3n) is 3.80. The first-order chi connectivity index (χ1) is 9.25. The second-order valence-corrected chi connectivity index (χ2v) is 5.62. The van der Waals surface area contributed by atoms with Crippen LogP contribution in [0.2, 0.25) is 0 Å². The minimum atomic E-state index is 0.152. The molecule has 2 atom stereocenters. The van der Waals surface area contributed by atoms with Crippen LogP contribution in [0.25, 0.3) is 0 Å². The molecule has 0 radical (unpaired) electrons. The van der Waals surface area contributed by atoms with E-state index in [1.807, 2.05) is 19.4 Å². The maximum absolute atomic E-state index is 6.45. The van der Waals surface area contributed by atoms with Gasteiger partial charge in [0.1, 0.15) is 5.82 Å². The van der Waals surface area contributed by atoms with Crippen LogP contribution in [0, 0.1) is 0 Å². The second-order valence-electron chi connectivity index (χ2n) is 5.06. The van der Waals surface area contributed by atoms with Crippen LogP contribution < -0.4 is 5.32 Å². The van der Waals surface area contributed by atoms with Crippen molar-refractivity contribution in [3.63, 3.8) is 0 Å². The molecule has 0 amide bonds. The largest absolute Gasteiger partial charge is 0.338 e. The quantitative estimate of drug-likeness (QED) is 0.869. The number of alkyl halides is 1. The number of aryl methyl sites for hydroxylation is 1. The average Bonchev–Trinajstić information content (AvgIpc) is 2.94. The molecule has 1 heterocycles. The molecule has 1 aromatic heterocycles. The average molecular weight is 276 g/mol. The van der Waals surface area contributed by atoms with Gasteiger partial charge in [-0.15, -0.1) is 11.6 Å². The zero-order valence-corrected chi connectivity index (χ0v) is 11.8. The number of halogens is 1. The van der Waals surface area contributed by atoms with Gasteiger partial charge in [0, 0.05) is 38.4 Å². The minimum Gasteiger partial charge on any atom is -0.338 e. The lowest BCUT2D eigenvalue weighted by Crippen LogP contribution is -2.28. The molecule has 1 aromatic carbocycles. The number of hydrogen-bond acceptors (Lipinski definition) is 2. The molecule has 0 fully saturated rings. The molecule has 0 aliphatic heterocycles. The van der Waals surface area contributed by atoms with Gasteiger partial charge in [-0.3, -0.25) is 0 Å². The van der Waals surface area contributed by atoms with Crippen LogP contribution in [0.1, 0.15) is 23.0 Å². The Hall–Kier alpha value is -1.32. The Bertz CT molecular complexity index is 564. The fraction of sp³-hybridized carbons (Fsp3) is 0.400. The van der Waals surface area contributed by atoms with Gasteiger partial charge in [-0.05, 0) is 17.5 Å². The lowest BCUT2D eigenvalue weighted by Gasteiger charge is -2.17. The molecule has 0 spiro atoms. The number of rotatable bonds is 4. The first-order valence-corrected chi connectivity index (χ1v) is 7.11. The Morgan fingerprint density at radius 2 is 2.26 bits per heavy atom. The number of hydrogen-bond donors (Lipinski definition) is 1. The van der Waals surface area contributed by atoms with E-state index < -0.39 is 0 Å². The third kappa shape index (κ3) is 2.53. The predicted molar refractivity (Wildman–Crippen MR) is 77.4 cm³/mol. The Labute approximate surface area is 118 Å². The number of aromatic nitrogens is 2. The van der Waals surface area contributed by atoms with Crippen molar-refractivity contribution in [3.05, 3.63) is 53.6 Å². The molecule has 2 aromatic rings. The number of fused-ring (bicyclic) bond motifs is 1. The summed E-state index contributed by atoms with van der Waals surface area (Å²) in [5, 5.41) is 3.72. The van der Waals surface area contributed by atoms with Crippen molar-refractivity contribution in [1.29, 1.82) is 0 Å². The molecular weight excluding hydrogens is 258 g/mol. The van der Waals surface area contributed by atoms with Crippen molar-refractivity contribution in [3.8, 4) is 0 Å². The van der Waals surface area contributed by atoms with Gasteiger partial charge in [0.15, 0.2) is 0 Å². The summed E-state index contributed by atoms with van der Waals surface area (Å²) in [5.41, 5.74) is 2.72. The smallest absolute Gasteiger partial charge is 0.109 e. The molecular formula is C15H18ClN3. The van der Waals surface area contributed by atoms with Crippen LogP contribution in [0.4, 0.5) is 0 Å². The first kappa shape index (κ1) is 12.7. The maximum Gasteiger partial charge on any atom is 0.109 e. The maximum atomic E-state index is 6.45. The van der Waals surface area contributed by atoms with Gasteiger partial charge in [-0.25, -0.2) is 4.98 Å². The number of imidazole rings is 1. The number of benzene rings is 1. The van der Waals surface area contributed by atoms with Crippen LogP contribution >= 0.6 is 11.6 Å². The van der Waals surface area contributed by atoms with Crippen LogP contribution in [-0.2, 0) is 19.9 Å². The van der Waals surface area contributed by atoms with E-state index >= 15 is 0 Å². The number of nitrogens with zero attached hydrogens (tertiary/aromatic N) is 2. The first-order valence-electron chi connectivity index (χ1n) is 6.67. The Morgan fingerprint density at radius 3 is 3.05 bits per heavy atom. The van der Waals surface area contributed by atoms with Gasteiger partial charge in [0.05, 0.1) is 5.38 Å². The second kappa shape index (κ2) is 5.35. The van der Waals surface area contributed by atoms with Crippen molar-refractivity contribution < 1.29 is 0 Å². The van der Waals surface area contributed by atoms with Crippen LogP contribution in [0.15, 0.2) is 36.7 Å². The highest BCUT2D eigenvalue weighted by Gasteiger charge is 2.29. The zero-order chi connectivity index (χ0) is 13.2. The van der Waals surface area contributed by atoms with E-state index in [0.29, 0.717) is 0 Å². The summed E-state index contributed by atoms with van der Waals surface area (Å²) < 4.78 is 2.06. The molecule has 3 rings (SSSR count). The summed E-state index contributed by atoms with van der Waals surface area (Å²) in [6.07, 6.45) is 5.69. The monoisotopic (exact) mass is 275 g/mol. The molecule has 3 nitrogen and oxygen atoms in total. The van der Waals surface area contributed by atoms with Crippen molar-refractivity contribution in [2.75, 3.05) is 6.54 Å². The van der Waals surface area contributed by atoms with Gasteiger partial charge >= 0.3 is 0 Å². The Kier molecular flexibility index (Phi) is 3.58. The van der Waals surface area contributed by atoms with Crippen molar-refractivity contribution in [2.24, 2.45) is 7.05 Å². The molecule has 1 N–H and O–H groups in total. The highest BCUT2D eigenvalue weighted by atomic mass is 35.5. The summed E-state index contributed by atoms with van der Waals surface area (Å²) in [7, 11) is 2.03. The van der Waals surface area contributed by atoms with Gasteiger partial charge < -0.3 is 9.88 Å². The molecule has 2 unspecified atom stereocenters. The fourth-order valence-corrected chi connectivity index (χ4v) is 3.15. The molecule has 19 heavy (non-hydrogen) atoms. The van der Waals surface area contributed by atoms with Gasteiger partial charge in [-0.2, -0.15) is 0 Å². The van der Waals surface area contributed by atoms with Gasteiger partial charge in [0.25, 0.3) is 0 Å². The van der Waals surface area contributed by atoms with Gasteiger partial charge in [-0.1, -0.05) is 24.3 Å². The third-order valence-corrected chi connectivity index (χ3v) is 4.21. The van der Waals surface area contributed by atoms with Crippen molar-refractivity contribution >= 4 is 11.6 Å². The zero-order valence-electron chi connectivity index (χ0n) is 11.0. The normalized spacial score (nSPS) is 21.6. The fourth-order valence-electron chi connectivity index (χ4n) is 2.76. The highest BCUT2D eigenvalue weighted by molar-refractivity contribution is 6.21. The van der Waals surface area contributed by atoms with E-state index in [9.17, 15) is 0 Å². The topological polar surface area (TPSA) is 29.9 Å². The van der Waals surface area contributed by atoms with E-state index in [2.05, 4.69) is 39.1 Å². The standard InChI is InChI=1S/C15H18ClN3/c1-19-9-8-17-14(19)6-7-18-15-12-5-3-2-4-11(12)10-13(15)16/h2-5,8-9,13,15,18H,6-7,10H2,1H3. The Balaban J connectivity index is 1.63. The number of nitrogens with one attached hydrogen (secondary N) is 1. The molecule has 4 heteroatoms.